The summed E-state index contributed by atoms with van der Waals surface area (Å²) in [7, 11) is 1.42. The normalized spacial score (nSPS) is 12.1. The van der Waals surface area contributed by atoms with Crippen LogP contribution in [0.25, 0.3) is 0 Å². The molecule has 1 heterocycles. The maximum absolute atomic E-state index is 11.0. The molecule has 20 heavy (non-hydrogen) atoms. The molecule has 3 nitrogen and oxygen atoms in total. The molecule has 0 radical (unpaired) electrons. The van der Waals surface area contributed by atoms with Crippen molar-refractivity contribution >= 4 is 17.3 Å². The molecule has 106 valence electrons. The number of methoxy groups -OCH3 is 1. The first-order valence-corrected chi connectivity index (χ1v) is 7.53. The fourth-order valence-corrected chi connectivity index (χ4v) is 2.82. The number of carbonyl (C=O) groups excluding carboxylic acids is 1. The lowest BCUT2D eigenvalue weighted by atomic mass is 10.0. The van der Waals surface area contributed by atoms with Gasteiger partial charge in [-0.2, -0.15) is 0 Å². The molecule has 1 aromatic carbocycles. The van der Waals surface area contributed by atoms with Gasteiger partial charge in [0.2, 0.25) is 0 Å². The summed E-state index contributed by atoms with van der Waals surface area (Å²) < 4.78 is 4.63. The summed E-state index contributed by atoms with van der Waals surface area (Å²) in [6.07, 6.45) is 2.15. The molecule has 0 spiro atoms. The Bertz CT molecular complexity index is 534. The van der Waals surface area contributed by atoms with Crippen molar-refractivity contribution in [1.29, 1.82) is 0 Å². The number of aryl methyl sites for hydroxylation is 1. The summed E-state index contributed by atoms with van der Waals surface area (Å²) in [6, 6.07) is 12.3. The molecule has 0 aliphatic heterocycles. The van der Waals surface area contributed by atoms with E-state index in [0.717, 1.165) is 18.4 Å². The van der Waals surface area contributed by atoms with Gasteiger partial charge in [0.1, 0.15) is 0 Å². The second-order valence-corrected chi connectivity index (χ2v) is 5.64. The molecule has 1 atom stereocenters. The second kappa shape index (κ2) is 7.22. The van der Waals surface area contributed by atoms with Crippen LogP contribution in [0.15, 0.2) is 41.8 Å². The van der Waals surface area contributed by atoms with Crippen molar-refractivity contribution in [1.82, 2.24) is 0 Å². The maximum Gasteiger partial charge on any atom is 0.305 e. The summed E-state index contributed by atoms with van der Waals surface area (Å²) in [5.74, 6) is -0.152. The number of hydrogen-bond acceptors (Lipinski definition) is 4. The van der Waals surface area contributed by atoms with E-state index in [4.69, 9.17) is 5.73 Å². The highest BCUT2D eigenvalue weighted by molar-refractivity contribution is 7.10. The number of nitrogens with two attached hydrogens (primary N) is 1. The zero-order valence-corrected chi connectivity index (χ0v) is 12.4. The minimum absolute atomic E-state index is 0.0564. The van der Waals surface area contributed by atoms with Gasteiger partial charge in [-0.3, -0.25) is 4.79 Å². The number of rotatable bonds is 6. The Hall–Kier alpha value is -1.65. The smallest absolute Gasteiger partial charge is 0.305 e. The minimum atomic E-state index is -0.152. The first kappa shape index (κ1) is 14.8. The van der Waals surface area contributed by atoms with Crippen molar-refractivity contribution < 1.29 is 9.53 Å². The van der Waals surface area contributed by atoms with Crippen molar-refractivity contribution in [3.8, 4) is 0 Å². The van der Waals surface area contributed by atoms with Crippen molar-refractivity contribution in [3.63, 3.8) is 0 Å². The van der Waals surface area contributed by atoms with Crippen LogP contribution in [0.3, 0.4) is 0 Å². The van der Waals surface area contributed by atoms with Crippen LogP contribution < -0.4 is 5.73 Å². The fourth-order valence-electron chi connectivity index (χ4n) is 2.06. The first-order chi connectivity index (χ1) is 9.70. The monoisotopic (exact) mass is 289 g/mol. The lowest BCUT2D eigenvalue weighted by Gasteiger charge is -2.10. The number of benzene rings is 1. The van der Waals surface area contributed by atoms with E-state index in [9.17, 15) is 4.79 Å². The van der Waals surface area contributed by atoms with Crippen LogP contribution in [0.4, 0.5) is 0 Å². The van der Waals surface area contributed by atoms with Crippen LogP contribution in [0, 0.1) is 0 Å². The van der Waals surface area contributed by atoms with Gasteiger partial charge in [-0.25, -0.2) is 0 Å². The van der Waals surface area contributed by atoms with Gasteiger partial charge >= 0.3 is 5.97 Å². The molecule has 0 fully saturated rings. The lowest BCUT2D eigenvalue weighted by Crippen LogP contribution is -2.10. The van der Waals surface area contributed by atoms with Crippen molar-refractivity contribution in [2.45, 2.75) is 25.3 Å². The molecule has 1 aromatic heterocycles. The van der Waals surface area contributed by atoms with Gasteiger partial charge in [0.15, 0.2) is 0 Å². The average molecular weight is 289 g/mol. The van der Waals surface area contributed by atoms with Gasteiger partial charge in [-0.05, 0) is 35.4 Å². The van der Waals surface area contributed by atoms with Gasteiger partial charge in [0, 0.05) is 11.3 Å². The Balaban J connectivity index is 1.91. The third kappa shape index (κ3) is 3.92. The van der Waals surface area contributed by atoms with Crippen LogP contribution in [-0.4, -0.2) is 13.1 Å². The maximum atomic E-state index is 11.0. The van der Waals surface area contributed by atoms with E-state index >= 15 is 0 Å². The summed E-state index contributed by atoms with van der Waals surface area (Å²) in [5.41, 5.74) is 8.55. The highest BCUT2D eigenvalue weighted by atomic mass is 32.1. The first-order valence-electron chi connectivity index (χ1n) is 6.65. The Labute approximate surface area is 123 Å². The van der Waals surface area contributed by atoms with E-state index < -0.39 is 0 Å². The van der Waals surface area contributed by atoms with Crippen molar-refractivity contribution in [2.24, 2.45) is 5.73 Å². The number of carbonyl (C=O) groups is 1. The van der Waals surface area contributed by atoms with Crippen LogP contribution >= 0.6 is 11.3 Å². The van der Waals surface area contributed by atoms with E-state index in [-0.39, 0.29) is 12.0 Å². The predicted octanol–water partition coefficient (Wildman–Crippen LogP) is 3.29. The molecule has 0 amide bonds. The molecule has 2 aromatic rings. The molecule has 4 heteroatoms. The quantitative estimate of drug-likeness (QED) is 0.830. The van der Waals surface area contributed by atoms with Gasteiger partial charge in [-0.1, -0.05) is 30.3 Å². The Morgan fingerprint density at radius 1 is 1.30 bits per heavy atom. The SMILES string of the molecule is COC(=O)CCCc1ccc(C(N)c2cccs2)cc1. The van der Waals surface area contributed by atoms with Crippen molar-refractivity contribution in [2.75, 3.05) is 7.11 Å². The summed E-state index contributed by atoms with van der Waals surface area (Å²) in [5, 5.41) is 2.04. The topological polar surface area (TPSA) is 52.3 Å². The fraction of sp³-hybridized carbons (Fsp3) is 0.312. The highest BCUT2D eigenvalue weighted by Gasteiger charge is 2.09. The summed E-state index contributed by atoms with van der Waals surface area (Å²) in [6.45, 7) is 0. The largest absolute Gasteiger partial charge is 0.469 e. The molecular formula is C16H19NO2S. The van der Waals surface area contributed by atoms with E-state index in [1.165, 1.54) is 17.6 Å². The molecule has 0 aliphatic carbocycles. The standard InChI is InChI=1S/C16H19NO2S/c1-19-15(18)6-2-4-12-7-9-13(10-8-12)16(17)14-5-3-11-20-14/h3,5,7-11,16H,2,4,6,17H2,1H3. The number of ether oxygens (including phenoxy) is 1. The van der Waals surface area contributed by atoms with Crippen LogP contribution in [-0.2, 0) is 16.0 Å². The Morgan fingerprint density at radius 3 is 2.65 bits per heavy atom. The molecule has 0 aliphatic rings. The lowest BCUT2D eigenvalue weighted by molar-refractivity contribution is -0.140. The zero-order valence-electron chi connectivity index (χ0n) is 11.5. The van der Waals surface area contributed by atoms with E-state index in [0.29, 0.717) is 6.42 Å². The third-order valence-corrected chi connectivity index (χ3v) is 4.22. The van der Waals surface area contributed by atoms with Gasteiger partial charge in [0.25, 0.3) is 0 Å². The molecule has 0 saturated carbocycles. The van der Waals surface area contributed by atoms with Crippen molar-refractivity contribution in [3.05, 3.63) is 57.8 Å². The van der Waals surface area contributed by atoms with E-state index in [1.54, 1.807) is 11.3 Å². The molecule has 0 saturated heterocycles. The van der Waals surface area contributed by atoms with Gasteiger partial charge in [-0.15, -0.1) is 11.3 Å². The highest BCUT2D eigenvalue weighted by Crippen LogP contribution is 2.24. The molecule has 0 bridgehead atoms. The average Bonchev–Trinajstić information content (AvgIpc) is 3.01. The van der Waals surface area contributed by atoms with Crippen LogP contribution in [0.1, 0.15) is 34.9 Å². The zero-order chi connectivity index (χ0) is 14.4. The molecular weight excluding hydrogens is 270 g/mol. The second-order valence-electron chi connectivity index (χ2n) is 4.66. The van der Waals surface area contributed by atoms with Gasteiger partial charge in [0.05, 0.1) is 13.2 Å². The van der Waals surface area contributed by atoms with Gasteiger partial charge < -0.3 is 10.5 Å². The number of esters is 1. The third-order valence-electron chi connectivity index (χ3n) is 3.26. The number of thiophene rings is 1. The van der Waals surface area contributed by atoms with E-state index in [1.807, 2.05) is 11.4 Å². The number of hydrogen-bond donors (Lipinski definition) is 1. The van der Waals surface area contributed by atoms with E-state index in [2.05, 4.69) is 35.1 Å². The summed E-state index contributed by atoms with van der Waals surface area (Å²) in [4.78, 5) is 12.2. The Kier molecular flexibility index (Phi) is 5.32. The molecule has 2 N–H and O–H groups in total. The summed E-state index contributed by atoms with van der Waals surface area (Å²) >= 11 is 1.67. The van der Waals surface area contributed by atoms with Crippen LogP contribution in [0.5, 0.6) is 0 Å². The molecule has 2 rings (SSSR count). The predicted molar refractivity (Wildman–Crippen MR) is 81.7 cm³/mol. The molecule has 1 unspecified atom stereocenters. The minimum Gasteiger partial charge on any atom is -0.469 e. The Morgan fingerprint density at radius 2 is 2.05 bits per heavy atom. The van der Waals surface area contributed by atoms with Crippen LogP contribution in [0.2, 0.25) is 0 Å².